The second-order valence-electron chi connectivity index (χ2n) is 8.95. The molecule has 1 aromatic heterocycles. The number of carbonyl (C=O) groups is 2. The molecule has 3 aromatic carbocycles. The van der Waals surface area contributed by atoms with Gasteiger partial charge < -0.3 is 14.6 Å². The summed E-state index contributed by atoms with van der Waals surface area (Å²) in [6.45, 7) is 0.782. The Morgan fingerprint density at radius 3 is 2.54 bits per heavy atom. The molecule has 41 heavy (non-hydrogen) atoms. The van der Waals surface area contributed by atoms with Crippen LogP contribution >= 0.6 is 62.2 Å². The Kier molecular flexibility index (Phi) is 7.97. The number of thioether (sulfide) groups is 1. The molecule has 8 nitrogen and oxygen atoms in total. The van der Waals surface area contributed by atoms with Crippen molar-refractivity contribution in [2.75, 3.05) is 18.1 Å². The van der Waals surface area contributed by atoms with E-state index in [1.807, 2.05) is 6.07 Å². The van der Waals surface area contributed by atoms with Crippen LogP contribution in [0.4, 0.5) is 5.13 Å². The zero-order valence-corrected chi connectivity index (χ0v) is 25.6. The van der Waals surface area contributed by atoms with Crippen LogP contribution in [0.3, 0.4) is 0 Å². The van der Waals surface area contributed by atoms with Crippen LogP contribution < -0.4 is 14.4 Å². The molecule has 208 valence electrons. The third-order valence-electron chi connectivity index (χ3n) is 6.41. The fraction of sp³-hybridized carbons (Fsp3) is 0.143. The molecule has 0 radical (unpaired) electrons. The lowest BCUT2D eigenvalue weighted by molar-refractivity contribution is -0.132. The van der Waals surface area contributed by atoms with Crippen molar-refractivity contribution in [1.82, 2.24) is 10.2 Å². The Morgan fingerprint density at radius 1 is 1.02 bits per heavy atom. The second-order valence-corrected chi connectivity index (χ2v) is 12.9. The Morgan fingerprint density at radius 2 is 1.78 bits per heavy atom. The molecule has 1 fully saturated rings. The van der Waals surface area contributed by atoms with Crippen LogP contribution in [0.15, 0.2) is 75.0 Å². The summed E-state index contributed by atoms with van der Waals surface area (Å²) in [6, 6.07) is 16.4. The number of carbonyl (C=O) groups excluding carboxylic acids is 2. The summed E-state index contributed by atoms with van der Waals surface area (Å²) in [5, 5.41) is 21.2. The van der Waals surface area contributed by atoms with Crippen molar-refractivity contribution in [3.05, 3.63) is 97.4 Å². The summed E-state index contributed by atoms with van der Waals surface area (Å²) >= 11 is 18.3. The van der Waals surface area contributed by atoms with Gasteiger partial charge in [-0.05, 0) is 53.6 Å². The first-order valence-electron chi connectivity index (χ1n) is 12.2. The van der Waals surface area contributed by atoms with Crippen molar-refractivity contribution in [2.24, 2.45) is 0 Å². The van der Waals surface area contributed by atoms with Crippen LogP contribution in [-0.2, 0) is 15.3 Å². The lowest BCUT2D eigenvalue weighted by Gasteiger charge is -2.23. The first-order chi connectivity index (χ1) is 19.8. The van der Waals surface area contributed by atoms with E-state index in [4.69, 9.17) is 32.7 Å². The molecule has 1 N–H and O–H groups in total. The second kappa shape index (κ2) is 11.7. The normalized spacial score (nSPS) is 17.7. The van der Waals surface area contributed by atoms with Crippen LogP contribution in [0.2, 0.25) is 10.0 Å². The van der Waals surface area contributed by atoms with Crippen molar-refractivity contribution < 1.29 is 24.2 Å². The Hall–Kier alpha value is -3.09. The lowest BCUT2D eigenvalue weighted by atomic mass is 9.95. The van der Waals surface area contributed by atoms with Crippen molar-refractivity contribution in [1.29, 1.82) is 0 Å². The minimum absolute atomic E-state index is 0.0636. The van der Waals surface area contributed by atoms with Gasteiger partial charge >= 0.3 is 5.91 Å². The predicted molar refractivity (Wildman–Crippen MR) is 162 cm³/mol. The van der Waals surface area contributed by atoms with E-state index in [0.717, 1.165) is 10.0 Å². The molecule has 0 aliphatic carbocycles. The molecule has 6 rings (SSSR count). The van der Waals surface area contributed by atoms with E-state index < -0.39 is 17.7 Å². The first-order valence-corrected chi connectivity index (χ1v) is 15.5. The number of Topliss-reactive ketones (excluding diaryl/α,β-unsaturated/α-hetero) is 1. The highest BCUT2D eigenvalue weighted by molar-refractivity contribution is 9.10. The summed E-state index contributed by atoms with van der Waals surface area (Å²) in [5.41, 5.74) is 1.74. The van der Waals surface area contributed by atoms with E-state index in [9.17, 15) is 14.7 Å². The molecule has 0 bridgehead atoms. The molecule has 2 aliphatic rings. The number of hydrogen-bond acceptors (Lipinski definition) is 9. The highest BCUT2D eigenvalue weighted by Gasteiger charge is 2.48. The van der Waals surface area contributed by atoms with Gasteiger partial charge in [-0.15, -0.1) is 10.2 Å². The van der Waals surface area contributed by atoms with Crippen LogP contribution in [0.1, 0.15) is 22.7 Å². The van der Waals surface area contributed by atoms with Gasteiger partial charge in [0, 0.05) is 25.8 Å². The monoisotopic (exact) mass is 689 g/mol. The lowest BCUT2D eigenvalue weighted by Crippen LogP contribution is -2.29. The summed E-state index contributed by atoms with van der Waals surface area (Å²) in [4.78, 5) is 28.2. The Balaban J connectivity index is 1.37. The van der Waals surface area contributed by atoms with Crippen molar-refractivity contribution in [3.63, 3.8) is 0 Å². The average molecular weight is 691 g/mol. The third kappa shape index (κ3) is 5.56. The van der Waals surface area contributed by atoms with E-state index in [0.29, 0.717) is 56.0 Å². The largest absolute Gasteiger partial charge is 0.507 e. The molecular formula is C28H18BrCl2N3O5S2. The van der Waals surface area contributed by atoms with Gasteiger partial charge in [0.05, 0.1) is 11.6 Å². The van der Waals surface area contributed by atoms with Gasteiger partial charge in [-0.25, -0.2) is 0 Å². The fourth-order valence-electron chi connectivity index (χ4n) is 4.47. The summed E-state index contributed by atoms with van der Waals surface area (Å²) in [6.07, 6.45) is 0. The average Bonchev–Trinajstić information content (AvgIpc) is 3.54. The SMILES string of the molecule is O=C1C(=O)N(c2nnc(SCc3ccc(Cl)cc3Cl)s2)C(c2ccc(Br)cc2)/C1=C(\O)c1ccc2c(c1)OCCO2. The number of halogens is 3. The van der Waals surface area contributed by atoms with Gasteiger partial charge in [-0.2, -0.15) is 0 Å². The van der Waals surface area contributed by atoms with Crippen molar-refractivity contribution in [2.45, 2.75) is 16.1 Å². The number of ketones is 1. The molecule has 1 saturated heterocycles. The maximum absolute atomic E-state index is 13.5. The number of aliphatic hydroxyl groups is 1. The number of aliphatic hydroxyl groups excluding tert-OH is 1. The number of ether oxygens (including phenoxy) is 2. The molecule has 1 atom stereocenters. The minimum Gasteiger partial charge on any atom is -0.507 e. The highest BCUT2D eigenvalue weighted by Crippen LogP contribution is 2.45. The number of anilines is 1. The number of amides is 1. The molecule has 1 amide bonds. The first kappa shape index (κ1) is 28.0. The summed E-state index contributed by atoms with van der Waals surface area (Å²) < 4.78 is 12.6. The van der Waals surface area contributed by atoms with Crippen LogP contribution in [-0.4, -0.2) is 40.2 Å². The number of hydrogen-bond donors (Lipinski definition) is 1. The molecule has 3 heterocycles. The maximum Gasteiger partial charge on any atom is 0.301 e. The molecule has 0 spiro atoms. The van der Waals surface area contributed by atoms with Gasteiger partial charge in [0.25, 0.3) is 5.78 Å². The maximum atomic E-state index is 13.5. The Bertz CT molecular complexity index is 1710. The van der Waals surface area contributed by atoms with E-state index >= 15 is 0 Å². The van der Waals surface area contributed by atoms with Gasteiger partial charge in [-0.1, -0.05) is 80.4 Å². The van der Waals surface area contributed by atoms with E-state index in [2.05, 4.69) is 26.1 Å². The van der Waals surface area contributed by atoms with Gasteiger partial charge in [-0.3, -0.25) is 14.5 Å². The third-order valence-corrected chi connectivity index (χ3v) is 9.63. The highest BCUT2D eigenvalue weighted by atomic mass is 79.9. The quantitative estimate of drug-likeness (QED) is 0.0740. The van der Waals surface area contributed by atoms with Crippen molar-refractivity contribution >= 4 is 84.8 Å². The standard InChI is InChI=1S/C28H18BrCl2N3O5S2/c29-17-5-1-14(2-6-17)23-22(24(35)15-4-8-20-21(11-15)39-10-9-38-20)25(36)26(37)34(23)27-32-33-28(41-27)40-13-16-3-7-18(30)12-19(16)31/h1-8,11-12,23,35H,9-10,13H2/b24-22+. The number of aromatic nitrogens is 2. The number of nitrogens with zero attached hydrogens (tertiary/aromatic N) is 3. The van der Waals surface area contributed by atoms with E-state index in [1.165, 1.54) is 28.0 Å². The summed E-state index contributed by atoms with van der Waals surface area (Å²) in [7, 11) is 0. The van der Waals surface area contributed by atoms with Crippen LogP contribution in [0, 0.1) is 0 Å². The van der Waals surface area contributed by atoms with Crippen LogP contribution in [0.25, 0.3) is 5.76 Å². The van der Waals surface area contributed by atoms with E-state index in [-0.39, 0.29) is 16.5 Å². The zero-order valence-electron chi connectivity index (χ0n) is 20.8. The molecule has 1 unspecified atom stereocenters. The number of fused-ring (bicyclic) bond motifs is 1. The molecule has 13 heteroatoms. The van der Waals surface area contributed by atoms with Crippen molar-refractivity contribution in [3.8, 4) is 11.5 Å². The van der Waals surface area contributed by atoms with Crippen LogP contribution in [0.5, 0.6) is 11.5 Å². The zero-order chi connectivity index (χ0) is 28.7. The van der Waals surface area contributed by atoms with Gasteiger partial charge in [0.1, 0.15) is 19.0 Å². The Labute approximate surface area is 261 Å². The molecule has 4 aromatic rings. The molecule has 0 saturated carbocycles. The van der Waals surface area contributed by atoms with E-state index in [1.54, 1.807) is 54.6 Å². The minimum atomic E-state index is -0.937. The number of rotatable bonds is 6. The smallest absolute Gasteiger partial charge is 0.301 e. The fourth-order valence-corrected chi connectivity index (χ4v) is 7.16. The molecule has 2 aliphatic heterocycles. The predicted octanol–water partition coefficient (Wildman–Crippen LogP) is 7.30. The topological polar surface area (TPSA) is 102 Å². The van der Waals surface area contributed by atoms with Gasteiger partial charge in [0.15, 0.2) is 15.8 Å². The summed E-state index contributed by atoms with van der Waals surface area (Å²) in [5.74, 6) is -0.484. The molecular weight excluding hydrogens is 673 g/mol. The van der Waals surface area contributed by atoms with Gasteiger partial charge in [0.2, 0.25) is 5.13 Å². The number of benzene rings is 3.